The molecule has 0 radical (unpaired) electrons. The van der Waals surface area contributed by atoms with Crippen LogP contribution in [0.5, 0.6) is 0 Å². The summed E-state index contributed by atoms with van der Waals surface area (Å²) in [7, 11) is -3.77. The van der Waals surface area contributed by atoms with E-state index in [1.807, 2.05) is 12.1 Å². The zero-order valence-electron chi connectivity index (χ0n) is 19.8. The predicted octanol–water partition coefficient (Wildman–Crippen LogP) is 2.04. The Morgan fingerprint density at radius 2 is 1.77 bits per heavy atom. The number of sulfonamides is 1. The van der Waals surface area contributed by atoms with Crippen molar-refractivity contribution in [3.8, 4) is 0 Å². The summed E-state index contributed by atoms with van der Waals surface area (Å²) in [4.78, 5) is 23.6. The summed E-state index contributed by atoms with van der Waals surface area (Å²) in [6, 6.07) is 6.98. The molecule has 0 aromatic heterocycles. The van der Waals surface area contributed by atoms with E-state index in [2.05, 4.69) is 19.2 Å². The zero-order chi connectivity index (χ0) is 26.2. The number of amides is 1. The van der Waals surface area contributed by atoms with Gasteiger partial charge < -0.3 is 20.1 Å². The van der Waals surface area contributed by atoms with Gasteiger partial charge in [0, 0.05) is 39.3 Å². The maximum Gasteiger partial charge on any atom is 0.490 e. The van der Waals surface area contributed by atoms with Crippen molar-refractivity contribution >= 4 is 21.9 Å². The molecule has 1 unspecified atom stereocenters. The number of carbonyl (C=O) groups is 2. The largest absolute Gasteiger partial charge is 0.490 e. The van der Waals surface area contributed by atoms with E-state index in [0.717, 1.165) is 31.5 Å². The van der Waals surface area contributed by atoms with Gasteiger partial charge in [0.05, 0.1) is 17.5 Å². The molecular formula is C22H32F3N3O6S. The van der Waals surface area contributed by atoms with Crippen LogP contribution in [0.3, 0.4) is 0 Å². The van der Waals surface area contributed by atoms with E-state index in [4.69, 9.17) is 14.6 Å². The molecule has 2 saturated heterocycles. The topological polar surface area (TPSA) is 116 Å². The van der Waals surface area contributed by atoms with Gasteiger partial charge in [-0.1, -0.05) is 26.0 Å². The summed E-state index contributed by atoms with van der Waals surface area (Å²) in [6.07, 6.45) is -3.49. The number of piperazine rings is 1. The number of carbonyl (C=O) groups excluding carboxylic acids is 1. The van der Waals surface area contributed by atoms with Gasteiger partial charge in [0.15, 0.2) is 0 Å². The second kappa shape index (κ2) is 12.7. The molecule has 2 aliphatic heterocycles. The minimum absolute atomic E-state index is 0.145. The molecule has 1 atom stereocenters. The maximum atomic E-state index is 13.3. The number of aliphatic carboxylic acids is 1. The van der Waals surface area contributed by atoms with E-state index in [1.54, 1.807) is 17.0 Å². The van der Waals surface area contributed by atoms with E-state index < -0.39 is 22.2 Å². The number of carboxylic acids is 1. The van der Waals surface area contributed by atoms with Crippen molar-refractivity contribution in [2.24, 2.45) is 0 Å². The van der Waals surface area contributed by atoms with E-state index in [0.29, 0.717) is 25.6 Å². The van der Waals surface area contributed by atoms with Crippen LogP contribution in [0.1, 0.15) is 38.2 Å². The molecule has 198 valence electrons. The first-order valence-corrected chi connectivity index (χ1v) is 12.8. The Hall–Kier alpha value is -2.22. The average molecular weight is 524 g/mol. The van der Waals surface area contributed by atoms with E-state index in [-0.39, 0.29) is 30.0 Å². The van der Waals surface area contributed by atoms with Crippen LogP contribution in [-0.2, 0) is 24.3 Å². The maximum absolute atomic E-state index is 13.3. The smallest absolute Gasteiger partial charge is 0.475 e. The molecule has 2 aliphatic rings. The van der Waals surface area contributed by atoms with E-state index >= 15 is 0 Å². The molecule has 1 amide bonds. The molecule has 1 aromatic rings. The number of nitrogens with zero attached hydrogens (tertiary/aromatic N) is 2. The summed E-state index contributed by atoms with van der Waals surface area (Å²) >= 11 is 0. The fraction of sp³-hybridized carbons (Fsp3) is 0.636. The molecule has 0 bridgehead atoms. The normalized spacial score (nSPS) is 18.9. The lowest BCUT2D eigenvalue weighted by molar-refractivity contribution is -0.192. The summed E-state index contributed by atoms with van der Waals surface area (Å²) in [6.45, 7) is 7.54. The predicted molar refractivity (Wildman–Crippen MR) is 121 cm³/mol. The SMILES string of the molecule is CC(C)c1ccc(S(=O)(=O)N(CC(=O)N2CCNCC2)CC2CCCO2)cc1.O=C(O)C(F)(F)F. The number of nitrogens with one attached hydrogen (secondary N) is 1. The Morgan fingerprint density at radius 3 is 2.23 bits per heavy atom. The lowest BCUT2D eigenvalue weighted by atomic mass is 10.0. The van der Waals surface area contributed by atoms with Crippen molar-refractivity contribution in [3.63, 3.8) is 0 Å². The van der Waals surface area contributed by atoms with Crippen LogP contribution in [-0.4, -0.2) is 92.8 Å². The van der Waals surface area contributed by atoms with Crippen LogP contribution in [0.2, 0.25) is 0 Å². The zero-order valence-corrected chi connectivity index (χ0v) is 20.6. The van der Waals surface area contributed by atoms with Crippen molar-refractivity contribution in [1.29, 1.82) is 0 Å². The van der Waals surface area contributed by atoms with Crippen LogP contribution in [0, 0.1) is 0 Å². The molecule has 2 fully saturated rings. The lowest BCUT2D eigenvalue weighted by Crippen LogP contribution is -2.51. The standard InChI is InChI=1S/C20H31N3O4S.C2HF3O2/c1-16(2)17-5-7-19(8-6-17)28(25,26)23(14-18-4-3-13-27-18)15-20(24)22-11-9-21-10-12-22;3-2(4,5)1(6)7/h5-8,16,18,21H,3-4,9-15H2,1-2H3;(H,6,7). The molecule has 13 heteroatoms. The third-order valence-corrected chi connectivity index (χ3v) is 7.47. The van der Waals surface area contributed by atoms with E-state index in [1.165, 1.54) is 4.31 Å². The van der Waals surface area contributed by atoms with Crippen molar-refractivity contribution < 1.29 is 41.0 Å². The van der Waals surface area contributed by atoms with Crippen molar-refractivity contribution in [1.82, 2.24) is 14.5 Å². The molecule has 1 aromatic carbocycles. The highest BCUT2D eigenvalue weighted by Crippen LogP contribution is 2.23. The third-order valence-electron chi connectivity index (χ3n) is 5.64. The van der Waals surface area contributed by atoms with Crippen LogP contribution in [0.4, 0.5) is 13.2 Å². The number of hydrogen-bond donors (Lipinski definition) is 2. The van der Waals surface area contributed by atoms with Gasteiger partial charge in [-0.2, -0.15) is 17.5 Å². The first-order valence-electron chi connectivity index (χ1n) is 11.3. The minimum atomic E-state index is -5.08. The molecule has 0 aliphatic carbocycles. The Kier molecular flexibility index (Phi) is 10.5. The quantitative estimate of drug-likeness (QED) is 0.562. The molecule has 2 heterocycles. The number of carboxylic acid groups (broad SMARTS) is 1. The van der Waals surface area contributed by atoms with Gasteiger partial charge in [0.1, 0.15) is 0 Å². The molecule has 0 spiro atoms. The number of alkyl halides is 3. The number of rotatable bonds is 7. The van der Waals surface area contributed by atoms with Gasteiger partial charge in [0.25, 0.3) is 0 Å². The highest BCUT2D eigenvalue weighted by atomic mass is 32.2. The van der Waals surface area contributed by atoms with Crippen molar-refractivity contribution in [2.75, 3.05) is 45.9 Å². The molecule has 3 rings (SSSR count). The Morgan fingerprint density at radius 1 is 1.20 bits per heavy atom. The number of ether oxygens (including phenoxy) is 1. The van der Waals surface area contributed by atoms with Crippen LogP contribution in [0.25, 0.3) is 0 Å². The molecule has 35 heavy (non-hydrogen) atoms. The minimum Gasteiger partial charge on any atom is -0.475 e. The Balaban J connectivity index is 0.000000540. The van der Waals surface area contributed by atoms with Crippen molar-refractivity contribution in [3.05, 3.63) is 29.8 Å². The lowest BCUT2D eigenvalue weighted by Gasteiger charge is -2.31. The fourth-order valence-corrected chi connectivity index (χ4v) is 5.02. The molecular weight excluding hydrogens is 491 g/mol. The Bertz CT molecular complexity index is 942. The molecule has 9 nitrogen and oxygen atoms in total. The molecule has 0 saturated carbocycles. The van der Waals surface area contributed by atoms with Crippen LogP contribution in [0.15, 0.2) is 29.2 Å². The summed E-state index contributed by atoms with van der Waals surface area (Å²) in [5.74, 6) is -2.58. The number of benzene rings is 1. The number of halogens is 3. The Labute approximate surface area is 203 Å². The summed E-state index contributed by atoms with van der Waals surface area (Å²) in [5.41, 5.74) is 1.08. The number of hydrogen-bond acceptors (Lipinski definition) is 6. The van der Waals surface area contributed by atoms with Gasteiger partial charge in [-0.3, -0.25) is 4.79 Å². The first kappa shape index (κ1) is 29.0. The highest BCUT2D eigenvalue weighted by Gasteiger charge is 2.38. The second-order valence-corrected chi connectivity index (χ2v) is 10.5. The third kappa shape index (κ3) is 8.74. The fourth-order valence-electron chi connectivity index (χ4n) is 3.60. The van der Waals surface area contributed by atoms with Gasteiger partial charge >= 0.3 is 12.1 Å². The summed E-state index contributed by atoms with van der Waals surface area (Å²) < 4.78 is 65.3. The van der Waals surface area contributed by atoms with Gasteiger partial charge in [-0.05, 0) is 36.5 Å². The summed E-state index contributed by atoms with van der Waals surface area (Å²) in [5, 5.41) is 10.3. The molecule has 2 N–H and O–H groups in total. The monoisotopic (exact) mass is 523 g/mol. The van der Waals surface area contributed by atoms with Crippen molar-refractivity contribution in [2.45, 2.75) is 49.8 Å². The highest BCUT2D eigenvalue weighted by molar-refractivity contribution is 7.89. The van der Waals surface area contributed by atoms with Crippen LogP contribution < -0.4 is 5.32 Å². The van der Waals surface area contributed by atoms with Gasteiger partial charge in [0.2, 0.25) is 15.9 Å². The van der Waals surface area contributed by atoms with Gasteiger partial charge in [-0.15, -0.1) is 0 Å². The first-order chi connectivity index (χ1) is 16.3. The van der Waals surface area contributed by atoms with E-state index in [9.17, 15) is 26.4 Å². The second-order valence-electron chi connectivity index (χ2n) is 8.59. The average Bonchev–Trinajstić information content (AvgIpc) is 3.32. The van der Waals surface area contributed by atoms with Crippen LogP contribution >= 0.6 is 0 Å². The van der Waals surface area contributed by atoms with Gasteiger partial charge in [-0.25, -0.2) is 13.2 Å².